The van der Waals surface area contributed by atoms with Crippen LogP contribution in [0, 0.1) is 24.0 Å². The lowest BCUT2D eigenvalue weighted by molar-refractivity contribution is -0.384. The Hall–Kier alpha value is -2.98. The minimum atomic E-state index is -3.69. The third kappa shape index (κ3) is 4.14. The molecule has 0 saturated carbocycles. The number of hydrogen-bond donors (Lipinski definition) is 1. The largest absolute Gasteiger partial charge is 0.362 e. The minimum absolute atomic E-state index is 0.0355. The van der Waals surface area contributed by atoms with Gasteiger partial charge in [-0.2, -0.15) is 0 Å². The molecule has 160 valence electrons. The number of sulfonamides is 1. The van der Waals surface area contributed by atoms with Gasteiger partial charge in [-0.05, 0) is 50.2 Å². The van der Waals surface area contributed by atoms with Crippen molar-refractivity contribution in [3.8, 4) is 0 Å². The number of nitrogens with one attached hydrogen (secondary N) is 1. The summed E-state index contributed by atoms with van der Waals surface area (Å²) in [5.74, 6) is -0.257. The van der Waals surface area contributed by atoms with Crippen LogP contribution in [0.25, 0.3) is 0 Å². The number of amides is 1. The van der Waals surface area contributed by atoms with Gasteiger partial charge < -0.3 is 9.80 Å². The highest BCUT2D eigenvalue weighted by atomic mass is 32.2. The van der Waals surface area contributed by atoms with Gasteiger partial charge in [0.15, 0.2) is 0 Å². The van der Waals surface area contributed by atoms with E-state index in [1.165, 1.54) is 19.2 Å². The van der Waals surface area contributed by atoms with Crippen molar-refractivity contribution < 1.29 is 18.1 Å². The summed E-state index contributed by atoms with van der Waals surface area (Å²) in [7, 11) is -2.35. The molecule has 0 aromatic heterocycles. The molecule has 1 saturated heterocycles. The van der Waals surface area contributed by atoms with Gasteiger partial charge in [-0.25, -0.2) is 13.1 Å². The SMILES string of the molecule is CNS(=O)(=O)c1cc(C(=O)N2CCN(c3ccccc3[N+](=O)[O-])CC2)cc(C)c1C. The van der Waals surface area contributed by atoms with Crippen LogP contribution in [-0.4, -0.2) is 57.4 Å². The number of piperazine rings is 1. The lowest BCUT2D eigenvalue weighted by Crippen LogP contribution is -2.49. The van der Waals surface area contributed by atoms with Crippen LogP contribution < -0.4 is 9.62 Å². The number of benzene rings is 2. The fraction of sp³-hybridized carbons (Fsp3) is 0.350. The Labute approximate surface area is 175 Å². The lowest BCUT2D eigenvalue weighted by atomic mass is 10.0. The van der Waals surface area contributed by atoms with Gasteiger partial charge in [0.25, 0.3) is 11.6 Å². The number of carbonyl (C=O) groups is 1. The number of aryl methyl sites for hydroxylation is 1. The van der Waals surface area contributed by atoms with E-state index in [-0.39, 0.29) is 16.5 Å². The van der Waals surface area contributed by atoms with Crippen molar-refractivity contribution >= 4 is 27.3 Å². The molecule has 1 fully saturated rings. The Balaban J connectivity index is 1.80. The van der Waals surface area contributed by atoms with E-state index in [9.17, 15) is 23.3 Å². The molecule has 0 spiro atoms. The highest BCUT2D eigenvalue weighted by Crippen LogP contribution is 2.29. The van der Waals surface area contributed by atoms with Crippen LogP contribution in [0.5, 0.6) is 0 Å². The Morgan fingerprint density at radius 3 is 2.33 bits per heavy atom. The number of nitro groups is 1. The van der Waals surface area contributed by atoms with E-state index in [1.807, 2.05) is 4.90 Å². The second kappa shape index (κ2) is 8.41. The van der Waals surface area contributed by atoms with Crippen molar-refractivity contribution in [3.63, 3.8) is 0 Å². The van der Waals surface area contributed by atoms with Crippen LogP contribution >= 0.6 is 0 Å². The Morgan fingerprint density at radius 2 is 1.73 bits per heavy atom. The average molecular weight is 433 g/mol. The van der Waals surface area contributed by atoms with E-state index in [4.69, 9.17) is 0 Å². The average Bonchev–Trinajstić information content (AvgIpc) is 2.75. The van der Waals surface area contributed by atoms with Gasteiger partial charge in [0.05, 0.1) is 9.82 Å². The highest BCUT2D eigenvalue weighted by molar-refractivity contribution is 7.89. The Kier molecular flexibility index (Phi) is 6.09. The smallest absolute Gasteiger partial charge is 0.292 e. The monoisotopic (exact) mass is 432 g/mol. The molecule has 2 aromatic carbocycles. The van der Waals surface area contributed by atoms with Crippen LogP contribution in [0.1, 0.15) is 21.5 Å². The van der Waals surface area contributed by atoms with Crippen LogP contribution in [0.3, 0.4) is 0 Å². The molecule has 0 aliphatic carbocycles. The maximum absolute atomic E-state index is 13.0. The van der Waals surface area contributed by atoms with Crippen molar-refractivity contribution in [2.45, 2.75) is 18.7 Å². The highest BCUT2D eigenvalue weighted by Gasteiger charge is 2.27. The van der Waals surface area contributed by atoms with Gasteiger partial charge in [-0.3, -0.25) is 14.9 Å². The molecule has 2 aromatic rings. The molecule has 1 N–H and O–H groups in total. The summed E-state index contributed by atoms with van der Waals surface area (Å²) >= 11 is 0. The van der Waals surface area contributed by atoms with E-state index in [0.717, 1.165) is 0 Å². The van der Waals surface area contributed by atoms with Gasteiger partial charge in [0, 0.05) is 37.8 Å². The van der Waals surface area contributed by atoms with E-state index in [2.05, 4.69) is 4.72 Å². The maximum atomic E-state index is 13.0. The molecular weight excluding hydrogens is 408 g/mol. The number of anilines is 1. The van der Waals surface area contributed by atoms with Gasteiger partial charge in [0.2, 0.25) is 10.0 Å². The quantitative estimate of drug-likeness (QED) is 0.572. The van der Waals surface area contributed by atoms with Crippen LogP contribution in [0.15, 0.2) is 41.3 Å². The number of nitro benzene ring substituents is 1. The van der Waals surface area contributed by atoms with Crippen LogP contribution in [0.2, 0.25) is 0 Å². The molecule has 30 heavy (non-hydrogen) atoms. The molecule has 3 rings (SSSR count). The Bertz CT molecular complexity index is 1090. The zero-order chi connectivity index (χ0) is 22.1. The number of rotatable bonds is 5. The van der Waals surface area contributed by atoms with Gasteiger partial charge in [-0.1, -0.05) is 12.1 Å². The topological polar surface area (TPSA) is 113 Å². The summed E-state index contributed by atoms with van der Waals surface area (Å²) in [4.78, 5) is 27.5. The van der Waals surface area contributed by atoms with E-state index >= 15 is 0 Å². The van der Waals surface area contributed by atoms with Gasteiger partial charge in [0.1, 0.15) is 5.69 Å². The molecule has 10 heteroatoms. The van der Waals surface area contributed by atoms with E-state index in [0.29, 0.717) is 48.6 Å². The second-order valence-electron chi connectivity index (χ2n) is 7.15. The summed E-state index contributed by atoms with van der Waals surface area (Å²) in [6.45, 7) is 5.14. The third-order valence-corrected chi connectivity index (χ3v) is 6.95. The number of nitrogens with zero attached hydrogens (tertiary/aromatic N) is 3. The summed E-state index contributed by atoms with van der Waals surface area (Å²) in [5, 5.41) is 11.3. The molecule has 1 aliphatic rings. The van der Waals surface area contributed by atoms with Crippen molar-refractivity contribution in [2.24, 2.45) is 0 Å². The summed E-state index contributed by atoms with van der Waals surface area (Å²) in [6.07, 6.45) is 0. The predicted octanol–water partition coefficient (Wildman–Crippen LogP) is 2.08. The molecular formula is C20H24N4O5S. The molecule has 0 bridgehead atoms. The molecule has 1 heterocycles. The molecule has 0 atom stereocenters. The first-order valence-electron chi connectivity index (χ1n) is 9.48. The maximum Gasteiger partial charge on any atom is 0.292 e. The molecule has 9 nitrogen and oxygen atoms in total. The zero-order valence-electron chi connectivity index (χ0n) is 17.1. The lowest BCUT2D eigenvalue weighted by Gasteiger charge is -2.36. The fourth-order valence-electron chi connectivity index (χ4n) is 3.56. The first-order valence-corrected chi connectivity index (χ1v) is 11.0. The van der Waals surface area contributed by atoms with Crippen molar-refractivity contribution in [2.75, 3.05) is 38.1 Å². The normalized spacial score (nSPS) is 14.6. The Morgan fingerprint density at radius 1 is 1.10 bits per heavy atom. The number of hydrogen-bond acceptors (Lipinski definition) is 6. The second-order valence-corrected chi connectivity index (χ2v) is 9.00. The standard InChI is InChI=1S/C20H24N4O5S/c1-14-12-16(13-19(15(14)2)30(28,29)21-3)20(25)23-10-8-22(9-11-23)17-6-4-5-7-18(17)24(26)27/h4-7,12-13,21H,8-11H2,1-3H3. The zero-order valence-corrected chi connectivity index (χ0v) is 17.9. The summed E-state index contributed by atoms with van der Waals surface area (Å²) in [6, 6.07) is 9.64. The number of carbonyl (C=O) groups excluding carboxylic acids is 1. The molecule has 1 aliphatic heterocycles. The summed E-state index contributed by atoms with van der Waals surface area (Å²) < 4.78 is 26.9. The van der Waals surface area contributed by atoms with Gasteiger partial charge in [-0.15, -0.1) is 0 Å². The van der Waals surface area contributed by atoms with E-state index < -0.39 is 14.9 Å². The number of para-hydroxylation sites is 2. The van der Waals surface area contributed by atoms with Crippen molar-refractivity contribution in [1.82, 2.24) is 9.62 Å². The molecule has 0 unspecified atom stereocenters. The molecule has 1 amide bonds. The molecule has 0 radical (unpaired) electrons. The summed E-state index contributed by atoms with van der Waals surface area (Å²) in [5.41, 5.74) is 2.19. The first-order chi connectivity index (χ1) is 14.2. The minimum Gasteiger partial charge on any atom is -0.362 e. The predicted molar refractivity (Wildman–Crippen MR) is 113 cm³/mol. The van der Waals surface area contributed by atoms with Crippen molar-refractivity contribution in [1.29, 1.82) is 0 Å². The van der Waals surface area contributed by atoms with Crippen molar-refractivity contribution in [3.05, 3.63) is 63.2 Å². The van der Waals surface area contributed by atoms with Gasteiger partial charge >= 0.3 is 0 Å². The van der Waals surface area contributed by atoms with Crippen LogP contribution in [0.4, 0.5) is 11.4 Å². The van der Waals surface area contributed by atoms with Crippen LogP contribution in [-0.2, 0) is 10.0 Å². The van der Waals surface area contributed by atoms with E-state index in [1.54, 1.807) is 43.0 Å². The first kappa shape index (κ1) is 21.7. The fourth-order valence-corrected chi connectivity index (χ4v) is 4.62. The third-order valence-electron chi connectivity index (χ3n) is 5.41.